The molecule has 0 radical (unpaired) electrons. The maximum atomic E-state index is 12.8. The number of likely N-dealkylation sites (tertiary alicyclic amines) is 1. The van der Waals surface area contributed by atoms with Gasteiger partial charge in [0.1, 0.15) is 10.7 Å². The molecule has 0 atom stereocenters. The van der Waals surface area contributed by atoms with Crippen molar-refractivity contribution in [2.75, 3.05) is 51.3 Å². The quantitative estimate of drug-likeness (QED) is 0.540. The van der Waals surface area contributed by atoms with Gasteiger partial charge in [0.2, 0.25) is 5.91 Å². The van der Waals surface area contributed by atoms with Crippen LogP contribution in [0.2, 0.25) is 0 Å². The van der Waals surface area contributed by atoms with Crippen LogP contribution in [0.3, 0.4) is 0 Å². The van der Waals surface area contributed by atoms with Crippen molar-refractivity contribution in [3.8, 4) is 5.75 Å². The van der Waals surface area contributed by atoms with Gasteiger partial charge in [0, 0.05) is 51.0 Å². The summed E-state index contributed by atoms with van der Waals surface area (Å²) in [6.07, 6.45) is 0. The fraction of sp³-hybridized carbons (Fsp3) is 0.400. The van der Waals surface area contributed by atoms with Gasteiger partial charge in [-0.1, -0.05) is 6.07 Å². The molecule has 0 N–H and O–H groups in total. The minimum atomic E-state index is -0.690. The summed E-state index contributed by atoms with van der Waals surface area (Å²) in [4.78, 5) is 40.6. The van der Waals surface area contributed by atoms with Crippen molar-refractivity contribution >= 4 is 23.4 Å². The van der Waals surface area contributed by atoms with Crippen LogP contribution in [-0.2, 0) is 4.79 Å². The van der Waals surface area contributed by atoms with E-state index in [1.807, 2.05) is 29.2 Å². The summed E-state index contributed by atoms with van der Waals surface area (Å²) in [6, 6.07) is 10.3. The maximum Gasteiger partial charge on any atom is 0.433 e. The summed E-state index contributed by atoms with van der Waals surface area (Å²) in [5, 5.41) is 10.7. The Kier molecular flexibility index (Phi) is 5.30. The van der Waals surface area contributed by atoms with E-state index in [4.69, 9.17) is 9.15 Å². The number of nitro groups is 1. The lowest BCUT2D eigenvalue weighted by Gasteiger charge is -2.42. The van der Waals surface area contributed by atoms with Crippen LogP contribution < -0.4 is 9.64 Å². The van der Waals surface area contributed by atoms with Crippen molar-refractivity contribution in [2.45, 2.75) is 0 Å². The van der Waals surface area contributed by atoms with E-state index >= 15 is 0 Å². The highest BCUT2D eigenvalue weighted by Gasteiger charge is 2.40. The van der Waals surface area contributed by atoms with Crippen LogP contribution in [0.15, 0.2) is 40.8 Å². The number of hydrogen-bond acceptors (Lipinski definition) is 7. The predicted molar refractivity (Wildman–Crippen MR) is 107 cm³/mol. The van der Waals surface area contributed by atoms with Crippen molar-refractivity contribution in [1.82, 2.24) is 9.80 Å². The monoisotopic (exact) mass is 414 g/mol. The SMILES string of the molecule is COc1cccc(N2CCN(C(=O)C3CN(C(=O)c4ccc([N+](=O)[O-])o4)C3)CC2)c1. The molecule has 2 fully saturated rings. The number of carbonyl (C=O) groups excluding carboxylic acids is 2. The first-order chi connectivity index (χ1) is 14.5. The highest BCUT2D eigenvalue weighted by atomic mass is 16.6. The van der Waals surface area contributed by atoms with Crippen LogP contribution in [0.25, 0.3) is 0 Å². The average molecular weight is 414 g/mol. The molecule has 2 aromatic rings. The molecule has 0 unspecified atom stereocenters. The van der Waals surface area contributed by atoms with E-state index in [2.05, 4.69) is 4.90 Å². The fourth-order valence-corrected chi connectivity index (χ4v) is 3.75. The van der Waals surface area contributed by atoms with Crippen molar-refractivity contribution in [1.29, 1.82) is 0 Å². The molecule has 30 heavy (non-hydrogen) atoms. The van der Waals surface area contributed by atoms with Crippen LogP contribution in [0.1, 0.15) is 10.6 Å². The third-order valence-electron chi connectivity index (χ3n) is 5.51. The summed E-state index contributed by atoms with van der Waals surface area (Å²) in [7, 11) is 1.63. The molecule has 10 nitrogen and oxygen atoms in total. The first-order valence-electron chi connectivity index (χ1n) is 9.67. The van der Waals surface area contributed by atoms with Crippen LogP contribution in [0.5, 0.6) is 5.75 Å². The first-order valence-corrected chi connectivity index (χ1v) is 9.67. The third-order valence-corrected chi connectivity index (χ3v) is 5.51. The summed E-state index contributed by atoms with van der Waals surface area (Å²) in [6.45, 7) is 3.27. The Morgan fingerprint density at radius 1 is 1.10 bits per heavy atom. The molecule has 0 saturated carbocycles. The predicted octanol–water partition coefficient (Wildman–Crippen LogP) is 1.62. The molecule has 158 valence electrons. The first kappa shape index (κ1) is 19.7. The second kappa shape index (κ2) is 8.05. The number of methoxy groups -OCH3 is 1. The molecule has 0 bridgehead atoms. The zero-order valence-corrected chi connectivity index (χ0v) is 16.5. The Hall–Kier alpha value is -3.56. The van der Waals surface area contributed by atoms with E-state index in [0.29, 0.717) is 26.2 Å². The molecule has 0 aliphatic carbocycles. The van der Waals surface area contributed by atoms with Gasteiger partial charge in [-0.3, -0.25) is 19.7 Å². The van der Waals surface area contributed by atoms with E-state index in [1.165, 1.54) is 11.0 Å². The summed E-state index contributed by atoms with van der Waals surface area (Å²) < 4.78 is 10.2. The number of furan rings is 1. The molecule has 10 heteroatoms. The highest BCUT2D eigenvalue weighted by Crippen LogP contribution is 2.26. The summed E-state index contributed by atoms with van der Waals surface area (Å²) >= 11 is 0. The lowest BCUT2D eigenvalue weighted by Crippen LogP contribution is -2.59. The zero-order chi connectivity index (χ0) is 21.3. The molecule has 1 aromatic heterocycles. The van der Waals surface area contributed by atoms with E-state index in [1.54, 1.807) is 7.11 Å². The average Bonchev–Trinajstić information content (AvgIpc) is 3.23. The zero-order valence-electron chi connectivity index (χ0n) is 16.5. The van der Waals surface area contributed by atoms with Crippen molar-refractivity contribution in [2.24, 2.45) is 5.92 Å². The Morgan fingerprint density at radius 3 is 2.47 bits per heavy atom. The van der Waals surface area contributed by atoms with E-state index < -0.39 is 16.7 Å². The molecule has 1 aromatic carbocycles. The van der Waals surface area contributed by atoms with Gasteiger partial charge >= 0.3 is 5.88 Å². The molecular formula is C20H22N4O6. The molecule has 3 heterocycles. The van der Waals surface area contributed by atoms with Gasteiger partial charge in [-0.25, -0.2) is 0 Å². The lowest BCUT2D eigenvalue weighted by atomic mass is 9.97. The van der Waals surface area contributed by atoms with Gasteiger partial charge in [-0.2, -0.15) is 0 Å². The van der Waals surface area contributed by atoms with Crippen LogP contribution in [0.4, 0.5) is 11.6 Å². The van der Waals surface area contributed by atoms with E-state index in [0.717, 1.165) is 30.6 Å². The number of amides is 2. The van der Waals surface area contributed by atoms with Gasteiger partial charge in [-0.15, -0.1) is 0 Å². The number of carbonyl (C=O) groups is 2. The topological polar surface area (TPSA) is 109 Å². The van der Waals surface area contributed by atoms with Gasteiger partial charge in [0.25, 0.3) is 5.91 Å². The van der Waals surface area contributed by atoms with Gasteiger partial charge in [0.15, 0.2) is 5.76 Å². The van der Waals surface area contributed by atoms with Crippen LogP contribution >= 0.6 is 0 Å². The van der Waals surface area contributed by atoms with E-state index in [-0.39, 0.29) is 17.6 Å². The Balaban J connectivity index is 1.27. The molecular weight excluding hydrogens is 392 g/mol. The normalized spacial score (nSPS) is 16.9. The standard InChI is InChI=1S/C20H22N4O6/c1-29-16-4-2-3-15(11-16)21-7-9-22(10-8-21)19(25)14-12-23(13-14)20(26)17-5-6-18(30-17)24(27)28/h2-6,11,14H,7-10,12-13H2,1H3. The molecule has 2 amide bonds. The third kappa shape index (κ3) is 3.80. The molecule has 0 spiro atoms. The fourth-order valence-electron chi connectivity index (χ4n) is 3.75. The molecule has 4 rings (SSSR count). The largest absolute Gasteiger partial charge is 0.497 e. The number of hydrogen-bond donors (Lipinski definition) is 0. The molecule has 2 aliphatic rings. The Labute approximate surface area is 172 Å². The Morgan fingerprint density at radius 2 is 1.83 bits per heavy atom. The molecule has 2 aliphatic heterocycles. The maximum absolute atomic E-state index is 12.8. The van der Waals surface area contributed by atoms with Crippen molar-refractivity contribution in [3.05, 3.63) is 52.3 Å². The van der Waals surface area contributed by atoms with Crippen LogP contribution in [-0.4, -0.2) is 72.9 Å². The molecule has 2 saturated heterocycles. The van der Waals surface area contributed by atoms with Crippen molar-refractivity contribution in [3.63, 3.8) is 0 Å². The van der Waals surface area contributed by atoms with E-state index in [9.17, 15) is 19.7 Å². The van der Waals surface area contributed by atoms with Gasteiger partial charge < -0.3 is 23.9 Å². The van der Waals surface area contributed by atoms with Crippen LogP contribution in [0, 0.1) is 16.0 Å². The minimum Gasteiger partial charge on any atom is -0.497 e. The lowest BCUT2D eigenvalue weighted by molar-refractivity contribution is -0.402. The number of anilines is 1. The van der Waals surface area contributed by atoms with Gasteiger partial charge in [0.05, 0.1) is 19.1 Å². The van der Waals surface area contributed by atoms with Crippen molar-refractivity contribution < 1.29 is 23.7 Å². The number of rotatable bonds is 5. The number of piperazine rings is 1. The highest BCUT2D eigenvalue weighted by molar-refractivity contribution is 5.94. The number of ether oxygens (including phenoxy) is 1. The van der Waals surface area contributed by atoms with Gasteiger partial charge in [-0.05, 0) is 18.2 Å². The smallest absolute Gasteiger partial charge is 0.433 e. The summed E-state index contributed by atoms with van der Waals surface area (Å²) in [5.41, 5.74) is 1.06. The number of benzene rings is 1. The second-order valence-electron chi connectivity index (χ2n) is 7.32. The number of nitrogens with zero attached hydrogens (tertiary/aromatic N) is 4. The second-order valence-corrected chi connectivity index (χ2v) is 7.32. The summed E-state index contributed by atoms with van der Waals surface area (Å²) in [5.74, 6) is -0.404. The minimum absolute atomic E-state index is 0.0368. The Bertz CT molecular complexity index is 960.